The molecule has 0 saturated heterocycles. The number of carboxylic acids is 1. The predicted octanol–water partition coefficient (Wildman–Crippen LogP) is 2.44. The molecule has 25 heavy (non-hydrogen) atoms. The van der Waals surface area contributed by atoms with E-state index in [1.165, 1.54) is 20.3 Å². The summed E-state index contributed by atoms with van der Waals surface area (Å²) in [4.78, 5) is 24.4. The molecule has 1 aliphatic carbocycles. The lowest BCUT2D eigenvalue weighted by Crippen LogP contribution is -2.44. The zero-order valence-electron chi connectivity index (χ0n) is 14.0. The summed E-state index contributed by atoms with van der Waals surface area (Å²) in [7, 11) is 2.98. The van der Waals surface area contributed by atoms with Gasteiger partial charge in [0.25, 0.3) is 5.91 Å². The molecule has 0 spiro atoms. The third-order valence-electron chi connectivity index (χ3n) is 4.53. The van der Waals surface area contributed by atoms with Crippen LogP contribution in [0, 0.1) is 0 Å². The van der Waals surface area contributed by atoms with Gasteiger partial charge in [-0.1, -0.05) is 30.3 Å². The molecule has 2 aromatic rings. The number of rotatable bonds is 6. The Hall–Kier alpha value is -3.02. The molecule has 0 bridgehead atoms. The van der Waals surface area contributed by atoms with E-state index in [0.717, 1.165) is 5.56 Å². The fraction of sp³-hybridized carbons (Fsp3) is 0.263. The van der Waals surface area contributed by atoms with Crippen LogP contribution in [0.3, 0.4) is 0 Å². The summed E-state index contributed by atoms with van der Waals surface area (Å²) in [6.07, 6.45) is 0.366. The maximum Gasteiger partial charge on any atom is 0.330 e. The summed E-state index contributed by atoms with van der Waals surface area (Å²) in [6.45, 7) is 0. The van der Waals surface area contributed by atoms with Gasteiger partial charge in [0.1, 0.15) is 5.54 Å². The molecule has 0 radical (unpaired) electrons. The van der Waals surface area contributed by atoms with Crippen LogP contribution in [0.1, 0.15) is 28.3 Å². The first-order valence-electron chi connectivity index (χ1n) is 7.84. The normalized spacial score (nSPS) is 21.3. The van der Waals surface area contributed by atoms with Crippen molar-refractivity contribution in [1.29, 1.82) is 0 Å². The topological polar surface area (TPSA) is 84.9 Å². The van der Waals surface area contributed by atoms with Gasteiger partial charge < -0.3 is 19.9 Å². The molecule has 0 aliphatic heterocycles. The number of ether oxygens (including phenoxy) is 2. The SMILES string of the molecule is COc1ccc(C(=O)NC2(C(=O)O)CC2c2ccccc2)cc1OC. The Morgan fingerprint density at radius 2 is 1.76 bits per heavy atom. The van der Waals surface area contributed by atoms with Crippen LogP contribution >= 0.6 is 0 Å². The molecule has 130 valence electrons. The van der Waals surface area contributed by atoms with E-state index >= 15 is 0 Å². The summed E-state index contributed by atoms with van der Waals surface area (Å²) in [5.41, 5.74) is -0.0551. The van der Waals surface area contributed by atoms with Crippen LogP contribution in [-0.4, -0.2) is 36.7 Å². The van der Waals surface area contributed by atoms with Crippen molar-refractivity contribution < 1.29 is 24.2 Å². The first kappa shape index (κ1) is 16.8. The molecule has 2 aromatic carbocycles. The number of amides is 1. The monoisotopic (exact) mass is 341 g/mol. The number of benzene rings is 2. The van der Waals surface area contributed by atoms with Crippen molar-refractivity contribution in [3.05, 3.63) is 59.7 Å². The number of carbonyl (C=O) groups excluding carboxylic acids is 1. The summed E-state index contributed by atoms with van der Waals surface area (Å²) in [5, 5.41) is 12.3. The largest absolute Gasteiger partial charge is 0.493 e. The molecular formula is C19H19NO5. The van der Waals surface area contributed by atoms with Crippen molar-refractivity contribution >= 4 is 11.9 Å². The minimum atomic E-state index is -1.27. The Morgan fingerprint density at radius 1 is 1.08 bits per heavy atom. The summed E-state index contributed by atoms with van der Waals surface area (Å²) in [6, 6.07) is 14.1. The van der Waals surface area contributed by atoms with Gasteiger partial charge in [0.05, 0.1) is 14.2 Å². The van der Waals surface area contributed by atoms with Gasteiger partial charge in [0.2, 0.25) is 0 Å². The Kier molecular flexibility index (Phi) is 4.35. The Balaban J connectivity index is 1.83. The van der Waals surface area contributed by atoms with Gasteiger partial charge in [-0.3, -0.25) is 4.79 Å². The fourth-order valence-corrected chi connectivity index (χ4v) is 3.03. The molecule has 0 aromatic heterocycles. The maximum atomic E-state index is 12.6. The summed E-state index contributed by atoms with van der Waals surface area (Å²) < 4.78 is 10.3. The number of hydrogen-bond acceptors (Lipinski definition) is 4. The predicted molar refractivity (Wildman–Crippen MR) is 91.2 cm³/mol. The highest BCUT2D eigenvalue weighted by Gasteiger charge is 2.62. The standard InChI is InChI=1S/C19H19NO5/c1-24-15-9-8-13(10-16(15)25-2)17(21)20-19(18(22)23)11-14(19)12-6-4-3-5-7-12/h3-10,14H,11H2,1-2H3,(H,20,21)(H,22,23). The van der Waals surface area contributed by atoms with Gasteiger partial charge in [-0.05, 0) is 30.2 Å². The highest BCUT2D eigenvalue weighted by molar-refractivity contribution is 6.00. The Labute approximate surface area is 145 Å². The first-order chi connectivity index (χ1) is 12.0. The minimum absolute atomic E-state index is 0.240. The van der Waals surface area contributed by atoms with E-state index in [0.29, 0.717) is 23.5 Å². The van der Waals surface area contributed by atoms with E-state index in [2.05, 4.69) is 5.32 Å². The van der Waals surface area contributed by atoms with E-state index in [1.54, 1.807) is 12.1 Å². The van der Waals surface area contributed by atoms with E-state index in [4.69, 9.17) is 9.47 Å². The van der Waals surface area contributed by atoms with Crippen LogP contribution in [0.4, 0.5) is 0 Å². The Morgan fingerprint density at radius 3 is 2.36 bits per heavy atom. The van der Waals surface area contributed by atoms with E-state index in [-0.39, 0.29) is 5.92 Å². The van der Waals surface area contributed by atoms with Gasteiger partial charge in [0.15, 0.2) is 11.5 Å². The maximum absolute atomic E-state index is 12.6. The molecule has 1 fully saturated rings. The van der Waals surface area contributed by atoms with Crippen LogP contribution in [-0.2, 0) is 4.79 Å². The van der Waals surface area contributed by atoms with Crippen molar-refractivity contribution in [2.24, 2.45) is 0 Å². The molecule has 0 heterocycles. The molecule has 1 aliphatic rings. The van der Waals surface area contributed by atoms with Gasteiger partial charge in [-0.2, -0.15) is 0 Å². The van der Waals surface area contributed by atoms with Crippen LogP contribution in [0.25, 0.3) is 0 Å². The molecule has 1 amide bonds. The summed E-state index contributed by atoms with van der Waals surface area (Å²) >= 11 is 0. The first-order valence-corrected chi connectivity index (χ1v) is 7.84. The van der Waals surface area contributed by atoms with Crippen molar-refractivity contribution in [1.82, 2.24) is 5.32 Å². The third kappa shape index (κ3) is 3.03. The fourth-order valence-electron chi connectivity index (χ4n) is 3.03. The zero-order chi connectivity index (χ0) is 18.0. The van der Waals surface area contributed by atoms with Crippen LogP contribution < -0.4 is 14.8 Å². The van der Waals surface area contributed by atoms with Gasteiger partial charge >= 0.3 is 5.97 Å². The van der Waals surface area contributed by atoms with Crippen LogP contribution in [0.5, 0.6) is 11.5 Å². The zero-order valence-corrected chi connectivity index (χ0v) is 14.0. The number of carbonyl (C=O) groups is 2. The molecule has 1 saturated carbocycles. The second kappa shape index (κ2) is 6.47. The lowest BCUT2D eigenvalue weighted by atomic mass is 10.1. The Bertz CT molecular complexity index is 805. The summed E-state index contributed by atoms with van der Waals surface area (Å²) in [5.74, 6) is -0.817. The van der Waals surface area contributed by atoms with Crippen molar-refractivity contribution in [3.63, 3.8) is 0 Å². The van der Waals surface area contributed by atoms with Crippen molar-refractivity contribution in [3.8, 4) is 11.5 Å². The molecule has 2 unspecified atom stereocenters. The molecule has 2 atom stereocenters. The molecule has 2 N–H and O–H groups in total. The number of carboxylic acid groups (broad SMARTS) is 1. The van der Waals surface area contributed by atoms with E-state index in [1.807, 2.05) is 30.3 Å². The molecule has 3 rings (SSSR count). The average Bonchev–Trinajstić information content (AvgIpc) is 3.37. The van der Waals surface area contributed by atoms with E-state index in [9.17, 15) is 14.7 Å². The van der Waals surface area contributed by atoms with Crippen LogP contribution in [0.2, 0.25) is 0 Å². The molecule has 6 heteroatoms. The van der Waals surface area contributed by atoms with Crippen molar-refractivity contribution in [2.45, 2.75) is 17.9 Å². The number of aliphatic carboxylic acids is 1. The van der Waals surface area contributed by atoms with Gasteiger partial charge in [-0.15, -0.1) is 0 Å². The van der Waals surface area contributed by atoms with Gasteiger partial charge in [0, 0.05) is 11.5 Å². The smallest absolute Gasteiger partial charge is 0.330 e. The third-order valence-corrected chi connectivity index (χ3v) is 4.53. The second-order valence-electron chi connectivity index (χ2n) is 5.97. The second-order valence-corrected chi connectivity index (χ2v) is 5.97. The number of nitrogens with one attached hydrogen (secondary N) is 1. The van der Waals surface area contributed by atoms with Crippen LogP contribution in [0.15, 0.2) is 48.5 Å². The van der Waals surface area contributed by atoms with Crippen molar-refractivity contribution in [2.75, 3.05) is 14.2 Å². The molecular weight excluding hydrogens is 322 g/mol. The average molecular weight is 341 g/mol. The highest BCUT2D eigenvalue weighted by Crippen LogP contribution is 2.51. The number of methoxy groups -OCH3 is 2. The highest BCUT2D eigenvalue weighted by atomic mass is 16.5. The van der Waals surface area contributed by atoms with E-state index < -0.39 is 17.4 Å². The van der Waals surface area contributed by atoms with Gasteiger partial charge in [-0.25, -0.2) is 4.79 Å². The minimum Gasteiger partial charge on any atom is -0.493 e. The molecule has 6 nitrogen and oxygen atoms in total. The lowest BCUT2D eigenvalue weighted by molar-refractivity contribution is -0.140. The number of hydrogen-bond donors (Lipinski definition) is 2. The lowest BCUT2D eigenvalue weighted by Gasteiger charge is -2.16. The quantitative estimate of drug-likeness (QED) is 0.843.